The van der Waals surface area contributed by atoms with Gasteiger partial charge in [-0.15, -0.1) is 0 Å². The van der Waals surface area contributed by atoms with Gasteiger partial charge in [0.1, 0.15) is 11.5 Å². The Hall–Kier alpha value is -3.15. The van der Waals surface area contributed by atoms with E-state index in [4.69, 9.17) is 0 Å². The van der Waals surface area contributed by atoms with E-state index >= 15 is 0 Å². The minimum absolute atomic E-state index is 0.245. The Labute approximate surface area is 175 Å². The summed E-state index contributed by atoms with van der Waals surface area (Å²) in [6, 6.07) is 14.5. The first kappa shape index (κ1) is 18.9. The van der Waals surface area contributed by atoms with Crippen molar-refractivity contribution >= 4 is 17.3 Å². The van der Waals surface area contributed by atoms with Crippen molar-refractivity contribution in [1.29, 1.82) is 0 Å². The van der Waals surface area contributed by atoms with E-state index in [1.807, 2.05) is 12.1 Å². The zero-order valence-electron chi connectivity index (χ0n) is 17.1. The van der Waals surface area contributed by atoms with Gasteiger partial charge in [0.05, 0.1) is 0 Å². The number of fused-ring (bicyclic) bond motifs is 1. The largest absolute Gasteiger partial charge is 0.371 e. The van der Waals surface area contributed by atoms with E-state index in [2.05, 4.69) is 34.4 Å². The molecule has 1 atom stereocenters. The number of anilines is 2. The van der Waals surface area contributed by atoms with E-state index in [-0.39, 0.29) is 11.7 Å². The highest BCUT2D eigenvalue weighted by molar-refractivity contribution is 6.04. The average molecular weight is 404 g/mol. The summed E-state index contributed by atoms with van der Waals surface area (Å²) in [4.78, 5) is 15.4. The van der Waals surface area contributed by atoms with Gasteiger partial charge in [-0.1, -0.05) is 19.1 Å². The first-order chi connectivity index (χ1) is 14.6. The molecule has 6 heteroatoms. The third-order valence-electron chi connectivity index (χ3n) is 6.14. The van der Waals surface area contributed by atoms with Crippen molar-refractivity contribution in [1.82, 2.24) is 9.78 Å². The van der Waals surface area contributed by atoms with Crippen molar-refractivity contribution in [3.05, 3.63) is 71.3 Å². The predicted molar refractivity (Wildman–Crippen MR) is 116 cm³/mol. The summed E-state index contributed by atoms with van der Waals surface area (Å²) in [5.41, 5.74) is 4.56. The Balaban J connectivity index is 1.38. The molecule has 1 aromatic heterocycles. The summed E-state index contributed by atoms with van der Waals surface area (Å²) in [6.07, 6.45) is 3.75. The number of aromatic nitrogens is 2. The van der Waals surface area contributed by atoms with Crippen molar-refractivity contribution < 1.29 is 9.18 Å². The molecule has 154 valence electrons. The highest BCUT2D eigenvalue weighted by Crippen LogP contribution is 2.30. The predicted octanol–water partition coefficient (Wildman–Crippen LogP) is 4.60. The fraction of sp³-hybridized carbons (Fsp3) is 0.333. The number of hydrogen-bond donors (Lipinski definition) is 1. The van der Waals surface area contributed by atoms with Crippen LogP contribution in [-0.2, 0) is 12.8 Å². The van der Waals surface area contributed by atoms with Gasteiger partial charge in [-0.3, -0.25) is 4.79 Å². The number of nitrogens with one attached hydrogen (secondary N) is 1. The lowest BCUT2D eigenvalue weighted by Crippen LogP contribution is -2.19. The number of para-hydroxylation sites is 1. The van der Waals surface area contributed by atoms with Gasteiger partial charge in [0.15, 0.2) is 5.69 Å². The number of carbonyl (C=O) groups excluding carboxylic acids is 1. The standard InChI is InChI=1S/C24H25FN4O/c1-16-13-14-28(15-16)18-11-9-17(10-12-18)26-24(30)23-19-5-4-8-21(19)29(27-23)22-7-3-2-6-20(22)25/h2-3,6-7,9-12,16H,4-5,8,13-15H2,1H3,(H,26,30). The number of rotatable bonds is 4. The normalized spacial score (nSPS) is 17.9. The van der Waals surface area contributed by atoms with E-state index in [9.17, 15) is 9.18 Å². The van der Waals surface area contributed by atoms with Crippen LogP contribution < -0.4 is 10.2 Å². The number of nitrogens with zero attached hydrogens (tertiary/aromatic N) is 3. The van der Waals surface area contributed by atoms with Crippen LogP contribution in [0.5, 0.6) is 0 Å². The van der Waals surface area contributed by atoms with Crippen LogP contribution in [0.25, 0.3) is 5.69 Å². The number of halogens is 1. The molecule has 5 nitrogen and oxygen atoms in total. The molecule has 2 aliphatic rings. The summed E-state index contributed by atoms with van der Waals surface area (Å²) in [7, 11) is 0. The van der Waals surface area contributed by atoms with E-state index < -0.39 is 0 Å². The molecule has 1 unspecified atom stereocenters. The van der Waals surface area contributed by atoms with Gasteiger partial charge in [0.25, 0.3) is 5.91 Å². The molecule has 2 aromatic carbocycles. The molecule has 1 amide bonds. The second-order valence-electron chi connectivity index (χ2n) is 8.33. The molecule has 1 N–H and O–H groups in total. The fourth-order valence-corrected chi connectivity index (χ4v) is 4.56. The summed E-state index contributed by atoms with van der Waals surface area (Å²) in [5, 5.41) is 7.47. The van der Waals surface area contributed by atoms with Crippen molar-refractivity contribution in [2.24, 2.45) is 5.92 Å². The lowest BCUT2D eigenvalue weighted by molar-refractivity contribution is 0.102. The maximum absolute atomic E-state index is 14.3. The molecule has 5 rings (SSSR count). The van der Waals surface area contributed by atoms with Gasteiger partial charge in [-0.05, 0) is 68.0 Å². The lowest BCUT2D eigenvalue weighted by atomic mass is 10.2. The molecular formula is C24H25FN4O. The Morgan fingerprint density at radius 1 is 1.13 bits per heavy atom. The van der Waals surface area contributed by atoms with Gasteiger partial charge in [0, 0.05) is 35.7 Å². The third-order valence-corrected chi connectivity index (χ3v) is 6.14. The second-order valence-corrected chi connectivity index (χ2v) is 8.33. The van der Waals surface area contributed by atoms with E-state index in [1.165, 1.54) is 18.2 Å². The molecular weight excluding hydrogens is 379 g/mol. The average Bonchev–Trinajstić information content (AvgIpc) is 3.46. The second kappa shape index (κ2) is 7.59. The Morgan fingerprint density at radius 3 is 2.67 bits per heavy atom. The fourth-order valence-electron chi connectivity index (χ4n) is 4.56. The quantitative estimate of drug-likeness (QED) is 0.692. The molecule has 0 bridgehead atoms. The summed E-state index contributed by atoms with van der Waals surface area (Å²) in [5.74, 6) is 0.135. The minimum Gasteiger partial charge on any atom is -0.371 e. The molecule has 1 fully saturated rings. The van der Waals surface area contributed by atoms with E-state index in [1.54, 1.807) is 22.9 Å². The summed E-state index contributed by atoms with van der Waals surface area (Å²) < 4.78 is 15.9. The van der Waals surface area contributed by atoms with Gasteiger partial charge >= 0.3 is 0 Å². The van der Waals surface area contributed by atoms with Crippen LogP contribution in [0.1, 0.15) is 41.5 Å². The van der Waals surface area contributed by atoms with Crippen LogP contribution in [0.3, 0.4) is 0 Å². The topological polar surface area (TPSA) is 50.2 Å². The highest BCUT2D eigenvalue weighted by Gasteiger charge is 2.28. The zero-order valence-corrected chi connectivity index (χ0v) is 17.1. The molecule has 0 spiro atoms. The maximum atomic E-state index is 14.3. The molecule has 1 aliphatic carbocycles. The molecule has 1 saturated heterocycles. The number of amides is 1. The molecule has 0 radical (unpaired) electrons. The Kier molecular flexibility index (Phi) is 4.77. The number of carbonyl (C=O) groups is 1. The Morgan fingerprint density at radius 2 is 1.93 bits per heavy atom. The van der Waals surface area contributed by atoms with Crippen molar-refractivity contribution in [2.75, 3.05) is 23.3 Å². The van der Waals surface area contributed by atoms with E-state index in [0.29, 0.717) is 11.4 Å². The molecule has 30 heavy (non-hydrogen) atoms. The van der Waals surface area contributed by atoms with Gasteiger partial charge < -0.3 is 10.2 Å². The molecule has 0 saturated carbocycles. The van der Waals surface area contributed by atoms with Crippen molar-refractivity contribution in [3.63, 3.8) is 0 Å². The minimum atomic E-state index is -0.339. The van der Waals surface area contributed by atoms with Gasteiger partial charge in [0.2, 0.25) is 0 Å². The smallest absolute Gasteiger partial charge is 0.276 e. The van der Waals surface area contributed by atoms with Crippen LogP contribution in [-0.4, -0.2) is 28.8 Å². The highest BCUT2D eigenvalue weighted by atomic mass is 19.1. The van der Waals surface area contributed by atoms with Crippen molar-refractivity contribution in [2.45, 2.75) is 32.6 Å². The number of hydrogen-bond acceptors (Lipinski definition) is 3. The SMILES string of the molecule is CC1CCN(c2ccc(NC(=O)c3nn(-c4ccccc4F)c4c3CCC4)cc2)C1. The van der Waals surface area contributed by atoms with Crippen LogP contribution in [0.2, 0.25) is 0 Å². The summed E-state index contributed by atoms with van der Waals surface area (Å²) in [6.45, 7) is 4.42. The first-order valence-electron chi connectivity index (χ1n) is 10.6. The van der Waals surface area contributed by atoms with Crippen LogP contribution in [0, 0.1) is 11.7 Å². The third kappa shape index (κ3) is 3.36. The van der Waals surface area contributed by atoms with E-state index in [0.717, 1.165) is 55.2 Å². The Bertz CT molecular complexity index is 1090. The molecule has 1 aliphatic heterocycles. The number of benzene rings is 2. The monoisotopic (exact) mass is 404 g/mol. The van der Waals surface area contributed by atoms with Crippen LogP contribution >= 0.6 is 0 Å². The zero-order chi connectivity index (χ0) is 20.7. The first-order valence-corrected chi connectivity index (χ1v) is 10.6. The maximum Gasteiger partial charge on any atom is 0.276 e. The van der Waals surface area contributed by atoms with Crippen molar-refractivity contribution in [3.8, 4) is 5.69 Å². The van der Waals surface area contributed by atoms with Gasteiger partial charge in [-0.2, -0.15) is 5.10 Å². The lowest BCUT2D eigenvalue weighted by Gasteiger charge is -2.18. The molecule has 3 aromatic rings. The van der Waals surface area contributed by atoms with Crippen LogP contribution in [0.15, 0.2) is 48.5 Å². The summed E-state index contributed by atoms with van der Waals surface area (Å²) >= 11 is 0. The van der Waals surface area contributed by atoms with Gasteiger partial charge in [-0.25, -0.2) is 9.07 Å². The van der Waals surface area contributed by atoms with Crippen LogP contribution in [0.4, 0.5) is 15.8 Å². The molecule has 2 heterocycles.